The van der Waals surface area contributed by atoms with Gasteiger partial charge in [0.15, 0.2) is 0 Å². The lowest BCUT2D eigenvalue weighted by Crippen LogP contribution is -2.31. The summed E-state index contributed by atoms with van der Waals surface area (Å²) < 4.78 is 4.77. The molecule has 1 atom stereocenters. The number of aromatic nitrogens is 3. The number of nitrogens with one attached hydrogen (secondary N) is 4. The van der Waals surface area contributed by atoms with Crippen LogP contribution in [0, 0.1) is 6.92 Å². The van der Waals surface area contributed by atoms with Crippen LogP contribution >= 0.6 is 0 Å². The number of aliphatic hydroxyl groups excluding tert-OH is 1. The molecule has 2 amide bonds. The van der Waals surface area contributed by atoms with Crippen molar-refractivity contribution in [1.82, 2.24) is 25.7 Å². The van der Waals surface area contributed by atoms with Crippen LogP contribution in [0.15, 0.2) is 48.8 Å². The molecular weight excluding hydrogens is 400 g/mol. The Hall–Kier alpha value is -3.92. The summed E-state index contributed by atoms with van der Waals surface area (Å²) in [6.07, 6.45) is 2.61. The molecule has 1 aromatic carbocycles. The van der Waals surface area contributed by atoms with Crippen LogP contribution in [-0.2, 0) is 4.74 Å². The number of aromatic amines is 1. The molecule has 10 heteroatoms. The van der Waals surface area contributed by atoms with Crippen molar-refractivity contribution in [1.29, 1.82) is 0 Å². The van der Waals surface area contributed by atoms with Gasteiger partial charge in [-0.1, -0.05) is 30.3 Å². The van der Waals surface area contributed by atoms with Crippen molar-refractivity contribution in [3.8, 4) is 11.3 Å². The van der Waals surface area contributed by atoms with Gasteiger partial charge in [0.25, 0.3) is 5.91 Å². The van der Waals surface area contributed by atoms with Crippen LogP contribution in [0.5, 0.6) is 0 Å². The summed E-state index contributed by atoms with van der Waals surface area (Å²) in [7, 11) is 0. The lowest BCUT2D eigenvalue weighted by Gasteiger charge is -2.16. The number of benzene rings is 1. The Morgan fingerprint density at radius 2 is 2.03 bits per heavy atom. The van der Waals surface area contributed by atoms with Gasteiger partial charge in [0.2, 0.25) is 5.95 Å². The SMILES string of the molecule is CCOC(=O)NNc1ncc(C)c(-c2c[nH]c(C(=O)NC(CO)c3ccccc3)c2)n1. The highest BCUT2D eigenvalue weighted by atomic mass is 16.5. The molecule has 0 saturated carbocycles. The Morgan fingerprint density at radius 3 is 2.74 bits per heavy atom. The molecule has 162 valence electrons. The van der Waals surface area contributed by atoms with Gasteiger partial charge in [0, 0.05) is 18.0 Å². The number of nitrogens with zero attached hydrogens (tertiary/aromatic N) is 2. The van der Waals surface area contributed by atoms with Gasteiger partial charge in [-0.3, -0.25) is 10.2 Å². The number of ether oxygens (including phenoxy) is 1. The van der Waals surface area contributed by atoms with Crippen molar-refractivity contribution in [3.05, 3.63) is 65.6 Å². The number of carbonyl (C=O) groups excluding carboxylic acids is 2. The number of rotatable bonds is 8. The zero-order valence-electron chi connectivity index (χ0n) is 17.2. The summed E-state index contributed by atoms with van der Waals surface area (Å²) in [6, 6.07) is 10.4. The van der Waals surface area contributed by atoms with E-state index in [0.29, 0.717) is 17.0 Å². The molecule has 0 saturated heterocycles. The van der Waals surface area contributed by atoms with E-state index in [1.165, 1.54) is 0 Å². The molecule has 0 aliphatic heterocycles. The summed E-state index contributed by atoms with van der Waals surface area (Å²) in [4.78, 5) is 35.5. The van der Waals surface area contributed by atoms with Crippen LogP contribution in [0.2, 0.25) is 0 Å². The van der Waals surface area contributed by atoms with Crippen molar-refractivity contribution in [2.24, 2.45) is 0 Å². The van der Waals surface area contributed by atoms with Gasteiger partial charge in [-0.25, -0.2) is 20.2 Å². The number of carbonyl (C=O) groups is 2. The lowest BCUT2D eigenvalue weighted by molar-refractivity contribution is 0.0911. The first-order chi connectivity index (χ1) is 15.0. The minimum atomic E-state index is -0.648. The number of aryl methyl sites for hydroxylation is 1. The molecule has 1 unspecified atom stereocenters. The maximum Gasteiger partial charge on any atom is 0.426 e. The van der Waals surface area contributed by atoms with E-state index >= 15 is 0 Å². The Kier molecular flexibility index (Phi) is 7.17. The van der Waals surface area contributed by atoms with E-state index in [9.17, 15) is 14.7 Å². The summed E-state index contributed by atoms with van der Waals surface area (Å²) in [6.45, 7) is 3.55. The van der Waals surface area contributed by atoms with Crippen molar-refractivity contribution in [3.63, 3.8) is 0 Å². The van der Waals surface area contributed by atoms with Gasteiger partial charge < -0.3 is 20.1 Å². The zero-order chi connectivity index (χ0) is 22.2. The molecule has 2 heterocycles. The lowest BCUT2D eigenvalue weighted by atomic mass is 10.1. The van der Waals surface area contributed by atoms with E-state index in [1.54, 1.807) is 25.4 Å². The number of H-pyrrole nitrogens is 1. The number of hydrogen-bond donors (Lipinski definition) is 5. The van der Waals surface area contributed by atoms with E-state index < -0.39 is 12.1 Å². The topological polar surface area (TPSA) is 141 Å². The normalized spacial score (nSPS) is 11.5. The fraction of sp³-hybridized carbons (Fsp3) is 0.238. The first-order valence-electron chi connectivity index (χ1n) is 9.69. The monoisotopic (exact) mass is 424 g/mol. The van der Waals surface area contributed by atoms with Gasteiger partial charge >= 0.3 is 6.09 Å². The van der Waals surface area contributed by atoms with Gasteiger partial charge in [-0.2, -0.15) is 0 Å². The summed E-state index contributed by atoms with van der Waals surface area (Å²) in [5.74, 6) is -0.187. The average molecular weight is 424 g/mol. The molecule has 0 radical (unpaired) electrons. The van der Waals surface area contributed by atoms with Crippen LogP contribution in [-0.4, -0.2) is 45.3 Å². The second-order valence-corrected chi connectivity index (χ2v) is 6.62. The van der Waals surface area contributed by atoms with Gasteiger partial charge in [-0.05, 0) is 31.0 Å². The maximum atomic E-state index is 12.7. The minimum absolute atomic E-state index is 0.172. The second kappa shape index (κ2) is 10.2. The quantitative estimate of drug-likeness (QED) is 0.349. The third kappa shape index (κ3) is 5.58. The van der Waals surface area contributed by atoms with Gasteiger partial charge in [-0.15, -0.1) is 0 Å². The van der Waals surface area contributed by atoms with E-state index in [4.69, 9.17) is 4.74 Å². The van der Waals surface area contributed by atoms with Crippen LogP contribution in [0.4, 0.5) is 10.7 Å². The average Bonchev–Trinajstić information content (AvgIpc) is 3.28. The Balaban J connectivity index is 1.73. The van der Waals surface area contributed by atoms with Crippen molar-refractivity contribution in [2.75, 3.05) is 18.6 Å². The molecule has 0 spiro atoms. The molecule has 3 aromatic rings. The largest absolute Gasteiger partial charge is 0.449 e. The predicted molar refractivity (Wildman–Crippen MR) is 114 cm³/mol. The van der Waals surface area contributed by atoms with E-state index in [0.717, 1.165) is 11.1 Å². The van der Waals surface area contributed by atoms with Gasteiger partial charge in [0.05, 0.1) is 24.9 Å². The Labute approximate surface area is 179 Å². The zero-order valence-corrected chi connectivity index (χ0v) is 17.2. The number of amides is 2. The van der Waals surface area contributed by atoms with E-state index in [2.05, 4.69) is 31.1 Å². The highest BCUT2D eigenvalue weighted by Gasteiger charge is 2.17. The second-order valence-electron chi connectivity index (χ2n) is 6.62. The molecule has 3 rings (SSSR count). The van der Waals surface area contributed by atoms with Crippen LogP contribution < -0.4 is 16.2 Å². The number of aliphatic hydroxyl groups is 1. The minimum Gasteiger partial charge on any atom is -0.449 e. The molecular formula is C21H24N6O4. The highest BCUT2D eigenvalue weighted by molar-refractivity contribution is 5.94. The maximum absolute atomic E-state index is 12.7. The standard InChI is InChI=1S/C21H24N6O4/c1-3-31-21(30)27-26-20-23-10-13(2)18(25-20)15-9-16(22-11-15)19(29)24-17(12-28)14-7-5-4-6-8-14/h4-11,17,22,28H,3,12H2,1-2H3,(H,24,29)(H,27,30)(H,23,25,26). The van der Waals surface area contributed by atoms with E-state index in [-0.39, 0.29) is 25.1 Å². The molecule has 2 aromatic heterocycles. The number of hydrogen-bond acceptors (Lipinski definition) is 7. The third-order valence-corrected chi connectivity index (χ3v) is 4.41. The summed E-state index contributed by atoms with van der Waals surface area (Å²) >= 11 is 0. The van der Waals surface area contributed by atoms with Crippen molar-refractivity contribution in [2.45, 2.75) is 19.9 Å². The molecule has 0 fully saturated rings. The number of hydrazine groups is 1. The van der Waals surface area contributed by atoms with Crippen LogP contribution in [0.25, 0.3) is 11.3 Å². The molecule has 0 bridgehead atoms. The van der Waals surface area contributed by atoms with Crippen LogP contribution in [0.1, 0.15) is 34.6 Å². The van der Waals surface area contributed by atoms with Crippen molar-refractivity contribution < 1.29 is 19.4 Å². The van der Waals surface area contributed by atoms with Crippen molar-refractivity contribution >= 4 is 17.9 Å². The predicted octanol–water partition coefficient (Wildman–Crippen LogP) is 2.32. The molecule has 0 aliphatic rings. The smallest absolute Gasteiger partial charge is 0.426 e. The summed E-state index contributed by atoms with van der Waals surface area (Å²) in [5.41, 5.74) is 8.08. The Morgan fingerprint density at radius 1 is 1.26 bits per heavy atom. The first-order valence-corrected chi connectivity index (χ1v) is 9.69. The Bertz CT molecular complexity index is 1040. The van der Waals surface area contributed by atoms with Gasteiger partial charge in [0.1, 0.15) is 5.69 Å². The fourth-order valence-corrected chi connectivity index (χ4v) is 2.89. The van der Waals surface area contributed by atoms with Crippen LogP contribution in [0.3, 0.4) is 0 Å². The summed E-state index contributed by atoms with van der Waals surface area (Å²) in [5, 5.41) is 12.5. The van der Waals surface area contributed by atoms with E-state index in [1.807, 2.05) is 37.3 Å². The molecule has 10 nitrogen and oxygen atoms in total. The molecule has 31 heavy (non-hydrogen) atoms. The molecule has 5 N–H and O–H groups in total. The molecule has 0 aliphatic carbocycles. The fourth-order valence-electron chi connectivity index (χ4n) is 2.89. The number of anilines is 1. The third-order valence-electron chi connectivity index (χ3n) is 4.41. The first kappa shape index (κ1) is 21.8. The highest BCUT2D eigenvalue weighted by Crippen LogP contribution is 2.23.